The Labute approximate surface area is 131 Å². The van der Waals surface area contributed by atoms with Gasteiger partial charge in [0.1, 0.15) is 5.15 Å². The van der Waals surface area contributed by atoms with Gasteiger partial charge in [0.05, 0.1) is 11.9 Å². The number of para-hydroxylation sites is 1. The van der Waals surface area contributed by atoms with Crippen LogP contribution in [0, 0.1) is 6.92 Å². The van der Waals surface area contributed by atoms with Gasteiger partial charge in [-0.1, -0.05) is 29.8 Å². The Morgan fingerprint density at radius 3 is 2.57 bits per heavy atom. The molecule has 21 heavy (non-hydrogen) atoms. The van der Waals surface area contributed by atoms with Crippen LogP contribution in [0.1, 0.15) is 18.4 Å². The highest BCUT2D eigenvalue weighted by atomic mass is 35.5. The summed E-state index contributed by atoms with van der Waals surface area (Å²) in [6.07, 6.45) is 4.09. The van der Waals surface area contributed by atoms with E-state index >= 15 is 0 Å². The van der Waals surface area contributed by atoms with Gasteiger partial charge in [-0.3, -0.25) is 0 Å². The molecule has 0 unspecified atom stereocenters. The molecule has 0 saturated carbocycles. The lowest BCUT2D eigenvalue weighted by Crippen LogP contribution is -2.39. The zero-order chi connectivity index (χ0) is 14.7. The molecule has 110 valence electrons. The molecule has 1 aromatic carbocycles. The number of nitrogens with one attached hydrogen (secondary N) is 1. The van der Waals surface area contributed by atoms with Gasteiger partial charge in [0, 0.05) is 24.8 Å². The van der Waals surface area contributed by atoms with Gasteiger partial charge in [-0.2, -0.15) is 0 Å². The van der Waals surface area contributed by atoms with Crippen LogP contribution in [0.25, 0.3) is 0 Å². The third kappa shape index (κ3) is 3.48. The van der Waals surface area contributed by atoms with E-state index in [0.717, 1.165) is 37.2 Å². The third-order valence-electron chi connectivity index (χ3n) is 4.00. The molecule has 1 aromatic heterocycles. The molecule has 0 aliphatic carbocycles. The van der Waals surface area contributed by atoms with Crippen LogP contribution >= 0.6 is 11.6 Å². The summed E-state index contributed by atoms with van der Waals surface area (Å²) in [6, 6.07) is 13.2. The van der Waals surface area contributed by atoms with Crippen LogP contribution in [0.3, 0.4) is 0 Å². The Morgan fingerprint density at radius 1 is 1.19 bits per heavy atom. The second-order valence-corrected chi connectivity index (χ2v) is 5.93. The lowest BCUT2D eigenvalue weighted by molar-refractivity contribution is 0.526. The third-order valence-corrected chi connectivity index (χ3v) is 4.40. The van der Waals surface area contributed by atoms with Crippen molar-refractivity contribution in [3.63, 3.8) is 0 Å². The second kappa shape index (κ2) is 6.35. The van der Waals surface area contributed by atoms with Gasteiger partial charge >= 0.3 is 0 Å². The average molecular weight is 302 g/mol. The zero-order valence-corrected chi connectivity index (χ0v) is 13.0. The Bertz CT molecular complexity index is 592. The van der Waals surface area contributed by atoms with E-state index in [4.69, 9.17) is 11.6 Å². The van der Waals surface area contributed by atoms with Crippen LogP contribution in [0.5, 0.6) is 0 Å². The number of hydrogen-bond donors (Lipinski definition) is 1. The van der Waals surface area contributed by atoms with Crippen molar-refractivity contribution in [3.05, 3.63) is 53.3 Å². The first kappa shape index (κ1) is 14.2. The van der Waals surface area contributed by atoms with Crippen molar-refractivity contribution in [2.24, 2.45) is 0 Å². The molecule has 0 bridgehead atoms. The number of aryl methyl sites for hydroxylation is 1. The van der Waals surface area contributed by atoms with E-state index in [1.54, 1.807) is 0 Å². The molecule has 1 fully saturated rings. The summed E-state index contributed by atoms with van der Waals surface area (Å²) in [5, 5.41) is 4.16. The number of piperidine rings is 1. The first-order valence-corrected chi connectivity index (χ1v) is 7.79. The van der Waals surface area contributed by atoms with Crippen LogP contribution in [0.15, 0.2) is 42.6 Å². The average Bonchev–Trinajstić information content (AvgIpc) is 2.53. The molecule has 0 atom stereocenters. The number of halogens is 1. The number of pyridine rings is 1. The molecule has 0 amide bonds. The van der Waals surface area contributed by atoms with Gasteiger partial charge in [-0.25, -0.2) is 4.98 Å². The Morgan fingerprint density at radius 2 is 1.90 bits per heavy atom. The fourth-order valence-electron chi connectivity index (χ4n) is 2.79. The van der Waals surface area contributed by atoms with Gasteiger partial charge in [0.25, 0.3) is 0 Å². The number of rotatable bonds is 3. The van der Waals surface area contributed by atoms with Crippen molar-refractivity contribution in [1.29, 1.82) is 0 Å². The maximum Gasteiger partial charge on any atom is 0.132 e. The lowest BCUT2D eigenvalue weighted by Gasteiger charge is -2.34. The molecular weight excluding hydrogens is 282 g/mol. The minimum Gasteiger partial charge on any atom is -0.381 e. The van der Waals surface area contributed by atoms with E-state index in [-0.39, 0.29) is 0 Å². The van der Waals surface area contributed by atoms with Crippen LogP contribution in [0.4, 0.5) is 11.4 Å². The molecule has 1 N–H and O–H groups in total. The van der Waals surface area contributed by atoms with Crippen molar-refractivity contribution in [3.8, 4) is 0 Å². The summed E-state index contributed by atoms with van der Waals surface area (Å²) in [5.74, 6) is 0. The fraction of sp³-hybridized carbons (Fsp3) is 0.353. The van der Waals surface area contributed by atoms with Gasteiger partial charge in [-0.15, -0.1) is 0 Å². The number of benzene rings is 1. The van der Waals surface area contributed by atoms with Crippen molar-refractivity contribution in [1.82, 2.24) is 4.98 Å². The number of aromatic nitrogens is 1. The maximum absolute atomic E-state index is 5.96. The zero-order valence-electron chi connectivity index (χ0n) is 12.2. The van der Waals surface area contributed by atoms with E-state index in [9.17, 15) is 0 Å². The summed E-state index contributed by atoms with van der Waals surface area (Å²) in [6.45, 7) is 4.15. The summed E-state index contributed by atoms with van der Waals surface area (Å²) >= 11 is 5.96. The van der Waals surface area contributed by atoms with Crippen molar-refractivity contribution in [2.75, 3.05) is 23.3 Å². The highest BCUT2D eigenvalue weighted by Gasteiger charge is 2.19. The van der Waals surface area contributed by atoms with Gasteiger partial charge in [-0.05, 0) is 43.5 Å². The van der Waals surface area contributed by atoms with E-state index in [0.29, 0.717) is 11.2 Å². The largest absolute Gasteiger partial charge is 0.381 e. The maximum atomic E-state index is 5.96. The van der Waals surface area contributed by atoms with Crippen molar-refractivity contribution < 1.29 is 0 Å². The molecule has 0 spiro atoms. The second-order valence-electron chi connectivity index (χ2n) is 5.57. The van der Waals surface area contributed by atoms with E-state index in [1.165, 1.54) is 5.69 Å². The van der Waals surface area contributed by atoms with E-state index in [2.05, 4.69) is 51.6 Å². The van der Waals surface area contributed by atoms with Gasteiger partial charge < -0.3 is 10.2 Å². The van der Waals surface area contributed by atoms with Gasteiger partial charge in [0.15, 0.2) is 0 Å². The SMILES string of the molecule is Cc1cc(NC2CCN(c3ccccc3)CC2)cnc1Cl. The van der Waals surface area contributed by atoms with Crippen LogP contribution < -0.4 is 10.2 Å². The lowest BCUT2D eigenvalue weighted by atomic mass is 10.0. The molecule has 4 heteroatoms. The summed E-state index contributed by atoms with van der Waals surface area (Å²) in [5.41, 5.74) is 3.40. The molecule has 3 rings (SSSR count). The molecule has 2 heterocycles. The smallest absolute Gasteiger partial charge is 0.132 e. The molecule has 1 aliphatic rings. The van der Waals surface area contributed by atoms with Crippen molar-refractivity contribution in [2.45, 2.75) is 25.8 Å². The van der Waals surface area contributed by atoms with Crippen LogP contribution in [-0.2, 0) is 0 Å². The molecular formula is C17H20ClN3. The standard InChI is InChI=1S/C17H20ClN3/c1-13-11-15(12-19-17(13)18)20-14-7-9-21(10-8-14)16-5-3-2-4-6-16/h2-6,11-12,14,20H,7-10H2,1H3. The monoisotopic (exact) mass is 301 g/mol. The molecule has 1 aliphatic heterocycles. The molecule has 3 nitrogen and oxygen atoms in total. The minimum atomic E-state index is 0.507. The highest BCUT2D eigenvalue weighted by molar-refractivity contribution is 6.30. The van der Waals surface area contributed by atoms with E-state index in [1.807, 2.05) is 13.1 Å². The minimum absolute atomic E-state index is 0.507. The Hall–Kier alpha value is -1.74. The Kier molecular flexibility index (Phi) is 4.30. The molecule has 0 radical (unpaired) electrons. The topological polar surface area (TPSA) is 28.2 Å². The number of anilines is 2. The van der Waals surface area contributed by atoms with E-state index < -0.39 is 0 Å². The van der Waals surface area contributed by atoms with Crippen molar-refractivity contribution >= 4 is 23.0 Å². The summed E-state index contributed by atoms with van der Waals surface area (Å²) < 4.78 is 0. The quantitative estimate of drug-likeness (QED) is 0.864. The number of nitrogens with zero attached hydrogens (tertiary/aromatic N) is 2. The highest BCUT2D eigenvalue weighted by Crippen LogP contribution is 2.23. The first-order chi connectivity index (χ1) is 10.2. The fourth-order valence-corrected chi connectivity index (χ4v) is 2.90. The van der Waals surface area contributed by atoms with Crippen LogP contribution in [-0.4, -0.2) is 24.1 Å². The summed E-state index contributed by atoms with van der Waals surface area (Å²) in [4.78, 5) is 6.65. The number of hydrogen-bond acceptors (Lipinski definition) is 3. The normalized spacial score (nSPS) is 16.0. The first-order valence-electron chi connectivity index (χ1n) is 7.41. The Balaban J connectivity index is 1.57. The predicted molar refractivity (Wildman–Crippen MR) is 89.3 cm³/mol. The van der Waals surface area contributed by atoms with Crippen LogP contribution in [0.2, 0.25) is 5.15 Å². The predicted octanol–water partition coefficient (Wildman–Crippen LogP) is 4.12. The van der Waals surface area contributed by atoms with Gasteiger partial charge in [0.2, 0.25) is 0 Å². The molecule has 2 aromatic rings. The molecule has 1 saturated heterocycles. The summed E-state index contributed by atoms with van der Waals surface area (Å²) in [7, 11) is 0.